The maximum Gasteiger partial charge on any atom is 0.163 e. The number of ketones is 1. The Morgan fingerprint density at radius 3 is 2.26 bits per heavy atom. The molecule has 0 aliphatic heterocycles. The number of carbonyl (C=O) groups is 1. The highest BCUT2D eigenvalue weighted by molar-refractivity contribution is 6.89. The van der Waals surface area contributed by atoms with Gasteiger partial charge >= 0.3 is 0 Å². The molecule has 0 unspecified atom stereocenters. The lowest BCUT2D eigenvalue weighted by molar-refractivity contribution is 0.0975. The van der Waals surface area contributed by atoms with Gasteiger partial charge in [-0.1, -0.05) is 80.3 Å². The summed E-state index contributed by atoms with van der Waals surface area (Å²) >= 11 is 0. The van der Waals surface area contributed by atoms with E-state index in [2.05, 4.69) is 44.4 Å². The van der Waals surface area contributed by atoms with Crippen molar-refractivity contribution in [2.45, 2.75) is 38.4 Å². The monoisotopic (exact) mass is 322 g/mol. The molecule has 120 valence electrons. The van der Waals surface area contributed by atoms with E-state index in [1.807, 2.05) is 42.5 Å². The number of hydrogen-bond donors (Lipinski definition) is 0. The number of allylic oxidation sites excluding steroid dienone is 1. The summed E-state index contributed by atoms with van der Waals surface area (Å²) in [7, 11) is -1.53. The first-order chi connectivity index (χ1) is 10.9. The van der Waals surface area contributed by atoms with Gasteiger partial charge in [-0.2, -0.15) is 0 Å². The molecule has 1 nitrogen and oxygen atoms in total. The molecule has 0 bridgehead atoms. The van der Waals surface area contributed by atoms with Crippen LogP contribution in [0.3, 0.4) is 0 Å². The van der Waals surface area contributed by atoms with E-state index in [1.54, 1.807) is 0 Å². The summed E-state index contributed by atoms with van der Waals surface area (Å²) in [5.41, 5.74) is 2.13. The minimum Gasteiger partial charge on any atom is -0.294 e. The third-order valence-electron chi connectivity index (χ3n) is 4.19. The van der Waals surface area contributed by atoms with Gasteiger partial charge < -0.3 is 0 Å². The average Bonchev–Trinajstić information content (AvgIpc) is 2.54. The van der Waals surface area contributed by atoms with Gasteiger partial charge in [0.25, 0.3) is 0 Å². The van der Waals surface area contributed by atoms with E-state index < -0.39 is 8.07 Å². The van der Waals surface area contributed by atoms with E-state index in [0.29, 0.717) is 6.42 Å². The Hall–Kier alpha value is -1.93. The Balaban J connectivity index is 2.28. The Morgan fingerprint density at radius 2 is 1.65 bits per heavy atom. The van der Waals surface area contributed by atoms with E-state index in [0.717, 1.165) is 12.0 Å². The summed E-state index contributed by atoms with van der Waals surface area (Å²) in [5.74, 6) is 0.453. The molecule has 23 heavy (non-hydrogen) atoms. The Labute approximate surface area is 141 Å². The fraction of sp³-hybridized carbons (Fsp3) is 0.286. The largest absolute Gasteiger partial charge is 0.294 e. The molecular formula is C21H26OSi. The molecule has 0 aliphatic rings. The van der Waals surface area contributed by atoms with Crippen LogP contribution in [0.15, 0.2) is 67.3 Å². The Morgan fingerprint density at radius 1 is 1.04 bits per heavy atom. The quantitative estimate of drug-likeness (QED) is 0.391. The zero-order valence-electron chi connectivity index (χ0n) is 14.4. The molecule has 0 saturated heterocycles. The van der Waals surface area contributed by atoms with Crippen LogP contribution in [0.4, 0.5) is 0 Å². The van der Waals surface area contributed by atoms with Gasteiger partial charge in [-0.15, -0.1) is 6.58 Å². The predicted octanol–water partition coefficient (Wildman–Crippen LogP) is 5.16. The van der Waals surface area contributed by atoms with E-state index in [4.69, 9.17) is 0 Å². The highest BCUT2D eigenvalue weighted by Crippen LogP contribution is 2.25. The number of carbonyl (C=O) groups excluding carboxylic acids is 1. The maximum absolute atomic E-state index is 13.0. The van der Waals surface area contributed by atoms with E-state index >= 15 is 0 Å². The summed E-state index contributed by atoms with van der Waals surface area (Å²) in [6, 6.07) is 18.4. The molecule has 0 radical (unpaired) electrons. The molecule has 0 spiro atoms. The summed E-state index contributed by atoms with van der Waals surface area (Å²) in [6.07, 6.45) is 3.28. The minimum atomic E-state index is -1.53. The normalized spacial score (nSPS) is 12.7. The van der Waals surface area contributed by atoms with Gasteiger partial charge in [0.2, 0.25) is 0 Å². The second-order valence-corrected chi connectivity index (χ2v) is 12.1. The molecule has 2 rings (SSSR count). The van der Waals surface area contributed by atoms with Gasteiger partial charge in [0.15, 0.2) is 5.78 Å². The van der Waals surface area contributed by atoms with Gasteiger partial charge in [-0.05, 0) is 23.1 Å². The Kier molecular flexibility index (Phi) is 5.73. The van der Waals surface area contributed by atoms with Crippen molar-refractivity contribution in [1.29, 1.82) is 0 Å². The summed E-state index contributed by atoms with van der Waals surface area (Å²) in [6.45, 7) is 10.7. The first kappa shape index (κ1) is 17.4. The first-order valence-electron chi connectivity index (χ1n) is 8.22. The molecule has 2 aromatic carbocycles. The van der Waals surface area contributed by atoms with Gasteiger partial charge in [0.1, 0.15) is 0 Å². The van der Waals surface area contributed by atoms with Crippen LogP contribution in [0.2, 0.25) is 19.6 Å². The van der Waals surface area contributed by atoms with Crippen LogP contribution in [0.25, 0.3) is 0 Å². The molecule has 0 fully saturated rings. The van der Waals surface area contributed by atoms with Crippen molar-refractivity contribution in [3.63, 3.8) is 0 Å². The van der Waals surface area contributed by atoms with Gasteiger partial charge in [0.05, 0.1) is 8.07 Å². The molecule has 0 amide bonds. The van der Waals surface area contributed by atoms with E-state index in [-0.39, 0.29) is 11.7 Å². The molecule has 0 aliphatic carbocycles. The van der Waals surface area contributed by atoms with Crippen LogP contribution in [0.5, 0.6) is 0 Å². The zero-order valence-corrected chi connectivity index (χ0v) is 15.4. The second-order valence-electron chi connectivity index (χ2n) is 7.05. The molecule has 2 aromatic rings. The number of Topliss-reactive ketones (excluding diaryl/α,β-unsaturated/α-hetero) is 1. The maximum atomic E-state index is 13.0. The van der Waals surface area contributed by atoms with Gasteiger partial charge in [-0.25, -0.2) is 0 Å². The van der Waals surface area contributed by atoms with Crippen LogP contribution in [0.1, 0.15) is 34.7 Å². The first-order valence-corrected chi connectivity index (χ1v) is 11.7. The van der Waals surface area contributed by atoms with Gasteiger partial charge in [-0.3, -0.25) is 4.79 Å². The third kappa shape index (κ3) is 4.52. The lowest BCUT2D eigenvalue weighted by Gasteiger charge is -2.22. The van der Waals surface area contributed by atoms with Gasteiger partial charge in [0, 0.05) is 12.0 Å². The van der Waals surface area contributed by atoms with Crippen LogP contribution < -0.4 is 5.19 Å². The zero-order chi connectivity index (χ0) is 16.9. The second kappa shape index (κ2) is 7.56. The van der Waals surface area contributed by atoms with Crippen LogP contribution in [-0.2, 0) is 0 Å². The number of benzene rings is 2. The van der Waals surface area contributed by atoms with Crippen molar-refractivity contribution in [2.75, 3.05) is 0 Å². The SMILES string of the molecule is C=CC[C@H](CC(=O)c1ccccc1[Si](C)(C)C)c1ccccc1. The summed E-state index contributed by atoms with van der Waals surface area (Å²) in [5, 5.41) is 1.26. The highest BCUT2D eigenvalue weighted by Gasteiger charge is 2.24. The molecule has 1 atom stereocenters. The van der Waals surface area contributed by atoms with Crippen molar-refractivity contribution in [3.05, 3.63) is 78.4 Å². The molecule has 2 heteroatoms. The van der Waals surface area contributed by atoms with Crippen molar-refractivity contribution < 1.29 is 4.79 Å². The molecule has 0 aromatic heterocycles. The lowest BCUT2D eigenvalue weighted by Crippen LogP contribution is -2.41. The summed E-state index contributed by atoms with van der Waals surface area (Å²) in [4.78, 5) is 13.0. The topological polar surface area (TPSA) is 17.1 Å². The number of hydrogen-bond acceptors (Lipinski definition) is 1. The standard InChI is InChI=1S/C21H26OSi/c1-5-11-18(17-12-7-6-8-13-17)16-20(22)19-14-9-10-15-21(19)23(2,3)4/h5-10,12-15,18H,1,11,16H2,2-4H3/t18-/m1/s1. The smallest absolute Gasteiger partial charge is 0.163 e. The highest BCUT2D eigenvalue weighted by atomic mass is 28.3. The molecular weight excluding hydrogens is 296 g/mol. The molecule has 0 saturated carbocycles. The fourth-order valence-electron chi connectivity index (χ4n) is 2.98. The minimum absolute atomic E-state index is 0.205. The van der Waals surface area contributed by atoms with Crippen LogP contribution in [0, 0.1) is 0 Å². The van der Waals surface area contributed by atoms with E-state index in [1.165, 1.54) is 10.8 Å². The average molecular weight is 323 g/mol. The van der Waals surface area contributed by atoms with Crippen molar-refractivity contribution in [1.82, 2.24) is 0 Å². The van der Waals surface area contributed by atoms with Crippen molar-refractivity contribution in [2.24, 2.45) is 0 Å². The van der Waals surface area contributed by atoms with Crippen LogP contribution >= 0.6 is 0 Å². The Bertz CT molecular complexity index is 668. The number of rotatable bonds is 7. The summed E-state index contributed by atoms with van der Waals surface area (Å²) < 4.78 is 0. The molecule has 0 N–H and O–H groups in total. The van der Waals surface area contributed by atoms with Crippen molar-refractivity contribution in [3.8, 4) is 0 Å². The lowest BCUT2D eigenvalue weighted by atomic mass is 9.89. The van der Waals surface area contributed by atoms with E-state index in [9.17, 15) is 4.79 Å². The predicted molar refractivity (Wildman–Crippen MR) is 102 cm³/mol. The molecule has 0 heterocycles. The van der Waals surface area contributed by atoms with Crippen LogP contribution in [-0.4, -0.2) is 13.9 Å². The van der Waals surface area contributed by atoms with Crippen molar-refractivity contribution >= 4 is 19.0 Å². The fourth-order valence-corrected chi connectivity index (χ4v) is 4.60. The third-order valence-corrected chi connectivity index (χ3v) is 6.24.